The van der Waals surface area contributed by atoms with Gasteiger partial charge in [0.1, 0.15) is 0 Å². The van der Waals surface area contributed by atoms with Crippen LogP contribution in [0.4, 0.5) is 11.4 Å². The average Bonchev–Trinajstić information content (AvgIpc) is 2.82. The van der Waals surface area contributed by atoms with Gasteiger partial charge in [0, 0.05) is 22.9 Å². The molecule has 32 heavy (non-hydrogen) atoms. The van der Waals surface area contributed by atoms with Gasteiger partial charge in [-0.05, 0) is 60.9 Å². The average molecular weight is 438 g/mol. The molecule has 1 aromatic heterocycles. The van der Waals surface area contributed by atoms with Gasteiger partial charge in [-0.25, -0.2) is 0 Å². The molecule has 0 spiro atoms. The van der Waals surface area contributed by atoms with E-state index in [0.717, 1.165) is 31.0 Å². The maximum absolute atomic E-state index is 4.99. The van der Waals surface area contributed by atoms with Gasteiger partial charge in [0.2, 0.25) is 0 Å². The second kappa shape index (κ2) is 9.19. The van der Waals surface area contributed by atoms with Gasteiger partial charge in [-0.15, -0.1) is 0 Å². The second-order valence-corrected chi connectivity index (χ2v) is 9.30. The third kappa shape index (κ3) is 4.29. The molecule has 160 valence electrons. The largest absolute Gasteiger partial charge is 0.333 e. The molecule has 1 N–H and O–H groups in total. The van der Waals surface area contributed by atoms with E-state index >= 15 is 0 Å². The summed E-state index contributed by atoms with van der Waals surface area (Å²) >= 11 is 1.86. The van der Waals surface area contributed by atoms with Crippen molar-refractivity contribution in [3.63, 3.8) is 0 Å². The SMILES string of the molecule is Cc1ccc2c(c1C)N(Cc1cccc(CNCc3ccccc3)n1)c1ccccc1S2. The first-order chi connectivity index (χ1) is 15.7. The minimum Gasteiger partial charge on any atom is -0.333 e. The minimum absolute atomic E-state index is 0.751. The topological polar surface area (TPSA) is 28.2 Å². The first-order valence-corrected chi connectivity index (χ1v) is 11.8. The van der Waals surface area contributed by atoms with Crippen LogP contribution in [0.1, 0.15) is 28.1 Å². The predicted octanol–water partition coefficient (Wildman–Crippen LogP) is 6.79. The summed E-state index contributed by atoms with van der Waals surface area (Å²) in [5, 5.41) is 3.52. The molecule has 1 aliphatic heterocycles. The van der Waals surface area contributed by atoms with Crippen LogP contribution in [-0.2, 0) is 19.6 Å². The van der Waals surface area contributed by atoms with Crippen LogP contribution in [0.25, 0.3) is 0 Å². The molecule has 5 rings (SSSR count). The number of anilines is 2. The van der Waals surface area contributed by atoms with Crippen molar-refractivity contribution in [3.8, 4) is 0 Å². The lowest BCUT2D eigenvalue weighted by atomic mass is 10.1. The van der Waals surface area contributed by atoms with Gasteiger partial charge in [0.05, 0.1) is 29.3 Å². The number of aryl methyl sites for hydroxylation is 1. The number of nitrogens with one attached hydrogen (secondary N) is 1. The Labute approximate surface area is 194 Å². The van der Waals surface area contributed by atoms with E-state index in [1.165, 1.54) is 37.9 Å². The van der Waals surface area contributed by atoms with E-state index in [4.69, 9.17) is 4.98 Å². The molecule has 4 aromatic rings. The van der Waals surface area contributed by atoms with Crippen molar-refractivity contribution in [2.75, 3.05) is 4.90 Å². The van der Waals surface area contributed by atoms with Crippen LogP contribution < -0.4 is 10.2 Å². The lowest BCUT2D eigenvalue weighted by Crippen LogP contribution is -2.22. The summed E-state index contributed by atoms with van der Waals surface area (Å²) in [6.07, 6.45) is 0. The predicted molar refractivity (Wildman–Crippen MR) is 134 cm³/mol. The van der Waals surface area contributed by atoms with Crippen molar-refractivity contribution >= 4 is 23.1 Å². The van der Waals surface area contributed by atoms with Crippen LogP contribution in [-0.4, -0.2) is 4.98 Å². The zero-order chi connectivity index (χ0) is 21.9. The molecule has 0 bridgehead atoms. The highest BCUT2D eigenvalue weighted by molar-refractivity contribution is 7.99. The number of benzene rings is 3. The Kier molecular flexibility index (Phi) is 5.97. The first kappa shape index (κ1) is 20.8. The summed E-state index contributed by atoms with van der Waals surface area (Å²) in [4.78, 5) is 10.0. The number of para-hydroxylation sites is 1. The summed E-state index contributed by atoms with van der Waals surface area (Å²) in [5.74, 6) is 0. The van der Waals surface area contributed by atoms with E-state index in [1.807, 2.05) is 17.8 Å². The lowest BCUT2D eigenvalue weighted by Gasteiger charge is -2.34. The number of pyridine rings is 1. The highest BCUT2D eigenvalue weighted by Crippen LogP contribution is 2.50. The van der Waals surface area contributed by atoms with E-state index < -0.39 is 0 Å². The Balaban J connectivity index is 1.39. The number of fused-ring (bicyclic) bond motifs is 2. The standard InChI is InChI=1S/C28H27N3S/c1-20-15-16-27-28(21(20)2)31(25-13-6-7-14-26(25)32-27)19-24-12-8-11-23(30-24)18-29-17-22-9-4-3-5-10-22/h3-16,29H,17-19H2,1-2H3. The molecule has 1 aliphatic rings. The molecule has 0 saturated heterocycles. The van der Waals surface area contributed by atoms with Crippen LogP contribution >= 0.6 is 11.8 Å². The fourth-order valence-electron chi connectivity index (χ4n) is 4.17. The summed E-state index contributed by atoms with van der Waals surface area (Å²) in [7, 11) is 0. The number of aromatic nitrogens is 1. The molecule has 3 nitrogen and oxygen atoms in total. The molecule has 0 amide bonds. The Hall–Kier alpha value is -3.08. The Bertz CT molecular complexity index is 1240. The molecular weight excluding hydrogens is 410 g/mol. The Morgan fingerprint density at radius 3 is 2.41 bits per heavy atom. The third-order valence-corrected chi connectivity index (χ3v) is 7.09. The minimum atomic E-state index is 0.751. The molecule has 0 fully saturated rings. The van der Waals surface area contributed by atoms with Gasteiger partial charge < -0.3 is 10.2 Å². The van der Waals surface area contributed by atoms with Crippen LogP contribution in [0.15, 0.2) is 94.7 Å². The molecule has 0 radical (unpaired) electrons. The van der Waals surface area contributed by atoms with Crippen LogP contribution in [0.2, 0.25) is 0 Å². The normalized spacial score (nSPS) is 12.4. The molecule has 0 atom stereocenters. The third-order valence-electron chi connectivity index (χ3n) is 5.97. The van der Waals surface area contributed by atoms with E-state index in [2.05, 4.69) is 103 Å². The van der Waals surface area contributed by atoms with Gasteiger partial charge >= 0.3 is 0 Å². The maximum Gasteiger partial charge on any atom is 0.0655 e. The van der Waals surface area contributed by atoms with Crippen LogP contribution in [0, 0.1) is 13.8 Å². The van der Waals surface area contributed by atoms with Gasteiger partial charge in [-0.3, -0.25) is 4.98 Å². The zero-order valence-electron chi connectivity index (χ0n) is 18.5. The summed E-state index contributed by atoms with van der Waals surface area (Å²) in [6, 6.07) is 30.0. The van der Waals surface area contributed by atoms with Crippen molar-refractivity contribution in [2.24, 2.45) is 0 Å². The molecule has 0 saturated carbocycles. The van der Waals surface area contributed by atoms with E-state index in [9.17, 15) is 0 Å². The maximum atomic E-state index is 4.99. The molecular formula is C28H27N3S. The summed E-state index contributed by atoms with van der Waals surface area (Å²) in [5.41, 5.74) is 8.66. The second-order valence-electron chi connectivity index (χ2n) is 8.22. The van der Waals surface area contributed by atoms with Gasteiger partial charge in [-0.1, -0.05) is 66.4 Å². The van der Waals surface area contributed by atoms with Crippen molar-refractivity contribution < 1.29 is 0 Å². The fraction of sp³-hybridized carbons (Fsp3) is 0.179. The molecule has 2 heterocycles. The number of hydrogen-bond acceptors (Lipinski definition) is 4. The van der Waals surface area contributed by atoms with Crippen molar-refractivity contribution in [3.05, 3.63) is 113 Å². The van der Waals surface area contributed by atoms with Crippen molar-refractivity contribution in [1.29, 1.82) is 0 Å². The lowest BCUT2D eigenvalue weighted by molar-refractivity contribution is 0.675. The first-order valence-electron chi connectivity index (χ1n) is 11.0. The van der Waals surface area contributed by atoms with Gasteiger partial charge in [-0.2, -0.15) is 0 Å². The highest BCUT2D eigenvalue weighted by Gasteiger charge is 2.25. The zero-order valence-corrected chi connectivity index (χ0v) is 19.3. The molecule has 4 heteroatoms. The Morgan fingerprint density at radius 2 is 1.53 bits per heavy atom. The Morgan fingerprint density at radius 1 is 0.750 bits per heavy atom. The molecule has 0 unspecified atom stereocenters. The van der Waals surface area contributed by atoms with Crippen LogP contribution in [0.5, 0.6) is 0 Å². The highest BCUT2D eigenvalue weighted by atomic mass is 32.2. The number of hydrogen-bond donors (Lipinski definition) is 1. The van der Waals surface area contributed by atoms with Crippen molar-refractivity contribution in [2.45, 2.75) is 43.3 Å². The van der Waals surface area contributed by atoms with Crippen molar-refractivity contribution in [1.82, 2.24) is 10.3 Å². The fourth-order valence-corrected chi connectivity index (χ4v) is 5.33. The van der Waals surface area contributed by atoms with E-state index in [-0.39, 0.29) is 0 Å². The number of nitrogens with zero attached hydrogens (tertiary/aromatic N) is 2. The quantitative estimate of drug-likeness (QED) is 0.359. The van der Waals surface area contributed by atoms with Gasteiger partial charge in [0.25, 0.3) is 0 Å². The van der Waals surface area contributed by atoms with E-state index in [1.54, 1.807) is 0 Å². The van der Waals surface area contributed by atoms with Crippen LogP contribution in [0.3, 0.4) is 0 Å². The smallest absolute Gasteiger partial charge is 0.0655 e. The summed E-state index contributed by atoms with van der Waals surface area (Å²) in [6.45, 7) is 6.77. The monoisotopic (exact) mass is 437 g/mol. The summed E-state index contributed by atoms with van der Waals surface area (Å²) < 4.78 is 0. The van der Waals surface area contributed by atoms with Gasteiger partial charge in [0.15, 0.2) is 0 Å². The molecule has 3 aromatic carbocycles. The number of rotatable bonds is 6. The van der Waals surface area contributed by atoms with E-state index in [0.29, 0.717) is 0 Å². The molecule has 0 aliphatic carbocycles.